The number of carbonyl (C=O) groups is 2. The van der Waals surface area contributed by atoms with Crippen LogP contribution in [-0.2, 0) is 9.59 Å². The maximum atomic E-state index is 12.5. The molecule has 3 atom stereocenters. The lowest BCUT2D eigenvalue weighted by Gasteiger charge is -2.32. The maximum Gasteiger partial charge on any atom is 0.225 e. The summed E-state index contributed by atoms with van der Waals surface area (Å²) in [6, 6.07) is 0.390. The summed E-state index contributed by atoms with van der Waals surface area (Å²) < 4.78 is 0. The second kappa shape index (κ2) is 9.20. The first-order valence-corrected chi connectivity index (χ1v) is 10.9. The summed E-state index contributed by atoms with van der Waals surface area (Å²) in [4.78, 5) is 28.5. The molecule has 0 aromatic carbocycles. The number of carbonyl (C=O) groups excluding carboxylic acids is 2. The third kappa shape index (κ3) is 5.21. The molecule has 1 saturated carbocycles. The number of hydrogen-bond acceptors (Lipinski definition) is 2. The molecule has 3 fully saturated rings. The van der Waals surface area contributed by atoms with Crippen molar-refractivity contribution in [3.8, 4) is 0 Å². The molecule has 0 spiro atoms. The lowest BCUT2D eigenvalue weighted by atomic mass is 9.92. The minimum atomic E-state index is -0.133. The van der Waals surface area contributed by atoms with Gasteiger partial charge in [0.25, 0.3) is 0 Å². The summed E-state index contributed by atoms with van der Waals surface area (Å²) in [6.45, 7) is 9.78. The zero-order chi connectivity index (χ0) is 18.5. The molecule has 3 unspecified atom stereocenters. The van der Waals surface area contributed by atoms with Gasteiger partial charge >= 0.3 is 0 Å². The Kier molecular flexibility index (Phi) is 6.96. The van der Waals surface area contributed by atoms with E-state index in [4.69, 9.17) is 0 Å². The van der Waals surface area contributed by atoms with E-state index in [1.165, 1.54) is 38.8 Å². The minimum Gasteiger partial charge on any atom is -0.356 e. The quantitative estimate of drug-likeness (QED) is 0.697. The standard InChI is InChI=1S/C21H37N3O2/c1-16-11-17(2)14-23(13-16)10-6-9-22-21(26)18-12-20(25)24(15-18)19-7-4-3-5-8-19/h16-19H,3-15H2,1-2H3,(H,22,26)/p+1. The van der Waals surface area contributed by atoms with Gasteiger partial charge in [0.15, 0.2) is 0 Å². The topological polar surface area (TPSA) is 53.9 Å². The Morgan fingerprint density at radius 3 is 2.54 bits per heavy atom. The van der Waals surface area contributed by atoms with Crippen LogP contribution < -0.4 is 10.2 Å². The van der Waals surface area contributed by atoms with Gasteiger partial charge in [-0.1, -0.05) is 33.1 Å². The highest BCUT2D eigenvalue weighted by Gasteiger charge is 2.38. The largest absolute Gasteiger partial charge is 0.356 e. The molecule has 0 radical (unpaired) electrons. The summed E-state index contributed by atoms with van der Waals surface area (Å²) in [5, 5.41) is 3.10. The van der Waals surface area contributed by atoms with Crippen LogP contribution in [0, 0.1) is 17.8 Å². The number of hydrogen-bond donors (Lipinski definition) is 2. The molecule has 26 heavy (non-hydrogen) atoms. The fourth-order valence-electron chi connectivity index (χ4n) is 5.47. The zero-order valence-electron chi connectivity index (χ0n) is 16.8. The summed E-state index contributed by atoms with van der Waals surface area (Å²) in [5.41, 5.74) is 0. The fraction of sp³-hybridized carbons (Fsp3) is 0.905. The van der Waals surface area contributed by atoms with Gasteiger partial charge in [0.2, 0.25) is 11.8 Å². The number of likely N-dealkylation sites (tertiary alicyclic amines) is 2. The van der Waals surface area contributed by atoms with Crippen LogP contribution in [0.5, 0.6) is 0 Å². The Bertz CT molecular complexity index is 480. The monoisotopic (exact) mass is 364 g/mol. The summed E-state index contributed by atoms with van der Waals surface area (Å²) >= 11 is 0. The van der Waals surface area contributed by atoms with Crippen molar-refractivity contribution in [2.75, 3.05) is 32.7 Å². The zero-order valence-corrected chi connectivity index (χ0v) is 16.8. The van der Waals surface area contributed by atoms with Crippen molar-refractivity contribution in [3.05, 3.63) is 0 Å². The van der Waals surface area contributed by atoms with Gasteiger partial charge in [-0.25, -0.2) is 0 Å². The second-order valence-corrected chi connectivity index (χ2v) is 9.24. The Morgan fingerprint density at radius 2 is 1.85 bits per heavy atom. The third-order valence-electron chi connectivity index (χ3n) is 6.63. The SMILES string of the molecule is CC1CC(C)C[NH+](CCCNC(=O)C2CC(=O)N(C3CCCCC3)C2)C1. The molecule has 5 nitrogen and oxygen atoms in total. The van der Waals surface area contributed by atoms with Crippen LogP contribution in [0.15, 0.2) is 0 Å². The molecule has 2 heterocycles. The van der Waals surface area contributed by atoms with Gasteiger partial charge < -0.3 is 15.1 Å². The van der Waals surface area contributed by atoms with Crippen LogP contribution >= 0.6 is 0 Å². The number of nitrogens with zero attached hydrogens (tertiary/aromatic N) is 1. The summed E-state index contributed by atoms with van der Waals surface area (Å²) in [7, 11) is 0. The van der Waals surface area contributed by atoms with Crippen molar-refractivity contribution >= 4 is 11.8 Å². The molecule has 148 valence electrons. The van der Waals surface area contributed by atoms with Gasteiger partial charge in [0.1, 0.15) is 0 Å². The Morgan fingerprint density at radius 1 is 1.15 bits per heavy atom. The number of amides is 2. The van der Waals surface area contributed by atoms with Gasteiger partial charge in [-0.3, -0.25) is 9.59 Å². The fourth-order valence-corrected chi connectivity index (χ4v) is 5.47. The van der Waals surface area contributed by atoms with Crippen molar-refractivity contribution < 1.29 is 14.5 Å². The van der Waals surface area contributed by atoms with E-state index in [9.17, 15) is 9.59 Å². The molecule has 3 rings (SSSR count). The Hall–Kier alpha value is -1.10. The lowest BCUT2D eigenvalue weighted by Crippen LogP contribution is -3.14. The van der Waals surface area contributed by atoms with E-state index in [1.807, 2.05) is 4.90 Å². The lowest BCUT2D eigenvalue weighted by molar-refractivity contribution is -0.912. The average molecular weight is 365 g/mol. The van der Waals surface area contributed by atoms with Crippen LogP contribution in [0.25, 0.3) is 0 Å². The first-order chi connectivity index (χ1) is 12.5. The predicted molar refractivity (Wildman–Crippen MR) is 103 cm³/mol. The molecular weight excluding hydrogens is 326 g/mol. The third-order valence-corrected chi connectivity index (χ3v) is 6.63. The number of rotatable bonds is 6. The molecule has 2 N–H and O–H groups in total. The number of nitrogens with one attached hydrogen (secondary N) is 2. The molecule has 2 amide bonds. The minimum absolute atomic E-state index is 0.0899. The van der Waals surface area contributed by atoms with Crippen molar-refractivity contribution in [1.82, 2.24) is 10.2 Å². The molecule has 1 aliphatic carbocycles. The first-order valence-electron chi connectivity index (χ1n) is 10.9. The van der Waals surface area contributed by atoms with E-state index in [1.54, 1.807) is 4.90 Å². The highest BCUT2D eigenvalue weighted by atomic mass is 16.2. The van der Waals surface area contributed by atoms with E-state index in [0.29, 0.717) is 19.0 Å². The molecule has 0 aromatic rings. The van der Waals surface area contributed by atoms with Crippen LogP contribution in [0.3, 0.4) is 0 Å². The van der Waals surface area contributed by atoms with Crippen molar-refractivity contribution in [1.29, 1.82) is 0 Å². The van der Waals surface area contributed by atoms with E-state index in [-0.39, 0.29) is 17.7 Å². The maximum absolute atomic E-state index is 12.5. The van der Waals surface area contributed by atoms with Crippen molar-refractivity contribution in [3.63, 3.8) is 0 Å². The van der Waals surface area contributed by atoms with E-state index >= 15 is 0 Å². The normalized spacial score (nSPS) is 33.5. The highest BCUT2D eigenvalue weighted by molar-refractivity contribution is 5.89. The van der Waals surface area contributed by atoms with E-state index < -0.39 is 0 Å². The van der Waals surface area contributed by atoms with Gasteiger partial charge in [0.05, 0.1) is 25.6 Å². The predicted octanol–water partition coefficient (Wildman–Crippen LogP) is 1.23. The van der Waals surface area contributed by atoms with Crippen LogP contribution in [-0.4, -0.2) is 55.5 Å². The number of piperidine rings is 1. The van der Waals surface area contributed by atoms with Gasteiger partial charge in [0, 0.05) is 43.8 Å². The van der Waals surface area contributed by atoms with Crippen LogP contribution in [0.1, 0.15) is 65.2 Å². The van der Waals surface area contributed by atoms with Gasteiger partial charge in [-0.2, -0.15) is 0 Å². The number of quaternary nitrogens is 1. The average Bonchev–Trinajstić information content (AvgIpc) is 3.00. The smallest absolute Gasteiger partial charge is 0.225 e. The van der Waals surface area contributed by atoms with Crippen LogP contribution in [0.2, 0.25) is 0 Å². The molecule has 3 aliphatic rings. The highest BCUT2D eigenvalue weighted by Crippen LogP contribution is 2.28. The van der Waals surface area contributed by atoms with E-state index in [0.717, 1.165) is 44.2 Å². The molecular formula is C21H38N3O2+. The first kappa shape index (κ1) is 19.7. The summed E-state index contributed by atoms with van der Waals surface area (Å²) in [5.74, 6) is 1.79. The molecule has 2 saturated heterocycles. The van der Waals surface area contributed by atoms with Gasteiger partial charge in [-0.05, 0) is 19.3 Å². The Balaban J connectivity index is 1.35. The molecule has 2 aliphatic heterocycles. The molecule has 0 bridgehead atoms. The van der Waals surface area contributed by atoms with Crippen molar-refractivity contribution in [2.24, 2.45) is 17.8 Å². The van der Waals surface area contributed by atoms with Crippen LogP contribution in [0.4, 0.5) is 0 Å². The second-order valence-electron chi connectivity index (χ2n) is 9.24. The molecule has 0 aromatic heterocycles. The van der Waals surface area contributed by atoms with Gasteiger partial charge in [-0.15, -0.1) is 0 Å². The van der Waals surface area contributed by atoms with Crippen molar-refractivity contribution in [2.45, 2.75) is 71.3 Å². The molecule has 5 heteroatoms. The van der Waals surface area contributed by atoms with E-state index in [2.05, 4.69) is 19.2 Å². The summed E-state index contributed by atoms with van der Waals surface area (Å²) in [6.07, 6.45) is 8.78. The Labute approximate surface area is 158 Å².